The summed E-state index contributed by atoms with van der Waals surface area (Å²) in [5.41, 5.74) is 13.8. The van der Waals surface area contributed by atoms with Gasteiger partial charge in [-0.25, -0.2) is 9.92 Å². The van der Waals surface area contributed by atoms with E-state index in [1.165, 1.54) is 12.3 Å². The third-order valence-corrected chi connectivity index (χ3v) is 1.92. The summed E-state index contributed by atoms with van der Waals surface area (Å²) in [6, 6.07) is 4.66. The summed E-state index contributed by atoms with van der Waals surface area (Å²) in [6.45, 7) is 1.87. The molecule has 15 heavy (non-hydrogen) atoms. The second-order valence-corrected chi connectivity index (χ2v) is 3.06. The molecule has 4 nitrogen and oxygen atoms in total. The van der Waals surface area contributed by atoms with Gasteiger partial charge in [0.15, 0.2) is 0 Å². The molecule has 0 aliphatic rings. The second kappa shape index (κ2) is 5.21. The number of hydrogen-bond donors (Lipinski definition) is 3. The molecule has 1 rings (SSSR count). The van der Waals surface area contributed by atoms with Crippen LogP contribution in [0.1, 0.15) is 5.56 Å². The molecule has 0 aliphatic carbocycles. The number of nitrogens with zero attached hydrogens (tertiary/aromatic N) is 1. The summed E-state index contributed by atoms with van der Waals surface area (Å²) in [6.07, 6.45) is 1.53. The Kier molecular flexibility index (Phi) is 3.93. The van der Waals surface area contributed by atoms with Crippen molar-refractivity contribution in [2.24, 2.45) is 10.8 Å². The SMILES string of the molecule is Cc1cc(N/C=C(/CN)N=N)ccc1F. The van der Waals surface area contributed by atoms with E-state index in [4.69, 9.17) is 11.3 Å². The molecule has 0 aliphatic heterocycles. The first-order valence-electron chi connectivity index (χ1n) is 4.46. The standard InChI is InChI=1S/C10H13FN4/c1-7-4-8(2-3-10(7)11)14-6-9(5-12)15-13/h2-4,6,13-14H,5,12H2,1H3/b9-6-,15-13?. The predicted molar refractivity (Wildman–Crippen MR) is 57.0 cm³/mol. The van der Waals surface area contributed by atoms with Gasteiger partial charge in [-0.15, -0.1) is 0 Å². The Morgan fingerprint density at radius 2 is 2.40 bits per heavy atom. The van der Waals surface area contributed by atoms with Gasteiger partial charge in [0, 0.05) is 18.4 Å². The van der Waals surface area contributed by atoms with Crippen LogP contribution in [0.25, 0.3) is 0 Å². The van der Waals surface area contributed by atoms with Crippen molar-refractivity contribution in [3.8, 4) is 0 Å². The van der Waals surface area contributed by atoms with Crippen LogP contribution in [-0.2, 0) is 0 Å². The minimum atomic E-state index is -0.242. The van der Waals surface area contributed by atoms with E-state index in [0.29, 0.717) is 11.3 Å². The van der Waals surface area contributed by atoms with Gasteiger partial charge >= 0.3 is 0 Å². The number of halogens is 1. The van der Waals surface area contributed by atoms with E-state index in [0.717, 1.165) is 5.69 Å². The quantitative estimate of drug-likeness (QED) is 0.664. The molecule has 1 aromatic rings. The molecule has 0 fully saturated rings. The number of aryl methyl sites for hydroxylation is 1. The average Bonchev–Trinajstić information content (AvgIpc) is 2.24. The lowest BCUT2D eigenvalue weighted by Crippen LogP contribution is -2.03. The Morgan fingerprint density at radius 1 is 1.67 bits per heavy atom. The first kappa shape index (κ1) is 11.3. The number of hydrogen-bond acceptors (Lipinski definition) is 4. The highest BCUT2D eigenvalue weighted by Crippen LogP contribution is 2.13. The summed E-state index contributed by atoms with van der Waals surface area (Å²) in [7, 11) is 0. The van der Waals surface area contributed by atoms with E-state index in [1.807, 2.05) is 0 Å². The lowest BCUT2D eigenvalue weighted by molar-refractivity contribution is 0.619. The van der Waals surface area contributed by atoms with E-state index < -0.39 is 0 Å². The van der Waals surface area contributed by atoms with Gasteiger partial charge in [0.2, 0.25) is 0 Å². The minimum absolute atomic E-state index is 0.191. The van der Waals surface area contributed by atoms with Crippen LogP contribution >= 0.6 is 0 Å². The lowest BCUT2D eigenvalue weighted by Gasteiger charge is -2.03. The van der Waals surface area contributed by atoms with Crippen LogP contribution in [0.15, 0.2) is 35.2 Å². The van der Waals surface area contributed by atoms with Crippen LogP contribution in [0, 0.1) is 18.3 Å². The number of nitrogens with two attached hydrogens (primary N) is 1. The molecule has 0 amide bonds. The van der Waals surface area contributed by atoms with Gasteiger partial charge in [-0.2, -0.15) is 5.11 Å². The van der Waals surface area contributed by atoms with Gasteiger partial charge in [-0.3, -0.25) is 0 Å². The fourth-order valence-corrected chi connectivity index (χ4v) is 1.04. The molecule has 0 radical (unpaired) electrons. The van der Waals surface area contributed by atoms with Gasteiger partial charge in [0.05, 0.1) is 5.70 Å². The molecule has 0 bridgehead atoms. The van der Waals surface area contributed by atoms with Gasteiger partial charge < -0.3 is 11.1 Å². The van der Waals surface area contributed by atoms with Crippen LogP contribution in [0.4, 0.5) is 10.1 Å². The predicted octanol–water partition coefficient (Wildman–Crippen LogP) is 2.38. The van der Waals surface area contributed by atoms with E-state index in [9.17, 15) is 4.39 Å². The molecule has 4 N–H and O–H groups in total. The fraction of sp³-hybridized carbons (Fsp3) is 0.200. The molecule has 80 valence electrons. The molecule has 0 unspecified atom stereocenters. The largest absolute Gasteiger partial charge is 0.360 e. The Hall–Kier alpha value is -1.75. The zero-order valence-electron chi connectivity index (χ0n) is 8.42. The third kappa shape index (κ3) is 3.14. The summed E-state index contributed by atoms with van der Waals surface area (Å²) in [5, 5.41) is 6.10. The van der Waals surface area contributed by atoms with Gasteiger partial charge in [0.1, 0.15) is 5.82 Å². The highest BCUT2D eigenvalue weighted by atomic mass is 19.1. The van der Waals surface area contributed by atoms with Gasteiger partial charge in [0.25, 0.3) is 0 Å². The van der Waals surface area contributed by atoms with Crippen LogP contribution in [0.2, 0.25) is 0 Å². The number of nitrogens with one attached hydrogen (secondary N) is 2. The number of benzene rings is 1. The zero-order valence-corrected chi connectivity index (χ0v) is 8.42. The summed E-state index contributed by atoms with van der Waals surface area (Å²) >= 11 is 0. The molecular formula is C10H13FN4. The van der Waals surface area contributed by atoms with Crippen LogP contribution in [-0.4, -0.2) is 6.54 Å². The van der Waals surface area contributed by atoms with Crippen molar-refractivity contribution < 1.29 is 4.39 Å². The summed E-state index contributed by atoms with van der Waals surface area (Å²) < 4.78 is 12.9. The van der Waals surface area contributed by atoms with Gasteiger partial charge in [-0.05, 0) is 30.7 Å². The maximum atomic E-state index is 12.9. The Bertz CT molecular complexity index is 387. The van der Waals surface area contributed by atoms with E-state index in [2.05, 4.69) is 10.4 Å². The van der Waals surface area contributed by atoms with Crippen molar-refractivity contribution in [1.29, 1.82) is 5.53 Å². The Labute approximate surface area is 87.5 Å². The van der Waals surface area contributed by atoms with Crippen molar-refractivity contribution in [1.82, 2.24) is 0 Å². The molecule has 0 heterocycles. The molecule has 0 aromatic heterocycles. The summed E-state index contributed by atoms with van der Waals surface area (Å²) in [4.78, 5) is 0. The van der Waals surface area contributed by atoms with Crippen molar-refractivity contribution in [2.45, 2.75) is 6.92 Å². The maximum Gasteiger partial charge on any atom is 0.126 e. The second-order valence-electron chi connectivity index (χ2n) is 3.06. The number of anilines is 1. The monoisotopic (exact) mass is 208 g/mol. The van der Waals surface area contributed by atoms with Crippen LogP contribution in [0.3, 0.4) is 0 Å². The smallest absolute Gasteiger partial charge is 0.126 e. The Balaban J connectivity index is 2.77. The molecule has 0 saturated carbocycles. The lowest BCUT2D eigenvalue weighted by atomic mass is 10.2. The maximum absolute atomic E-state index is 12.9. The van der Waals surface area contributed by atoms with Crippen molar-refractivity contribution in [3.05, 3.63) is 41.5 Å². The van der Waals surface area contributed by atoms with Gasteiger partial charge in [-0.1, -0.05) is 0 Å². The third-order valence-electron chi connectivity index (χ3n) is 1.92. The van der Waals surface area contributed by atoms with Crippen molar-refractivity contribution >= 4 is 5.69 Å². The van der Waals surface area contributed by atoms with E-state index >= 15 is 0 Å². The van der Waals surface area contributed by atoms with E-state index in [1.54, 1.807) is 19.1 Å². The topological polar surface area (TPSA) is 74.3 Å². The average molecular weight is 208 g/mol. The fourth-order valence-electron chi connectivity index (χ4n) is 1.04. The number of rotatable bonds is 4. The summed E-state index contributed by atoms with van der Waals surface area (Å²) in [5.74, 6) is -0.242. The normalized spacial score (nSPS) is 11.3. The minimum Gasteiger partial charge on any atom is -0.360 e. The molecule has 5 heteroatoms. The highest BCUT2D eigenvalue weighted by molar-refractivity contribution is 5.48. The molecule has 0 spiro atoms. The van der Waals surface area contributed by atoms with Crippen molar-refractivity contribution in [2.75, 3.05) is 11.9 Å². The van der Waals surface area contributed by atoms with Crippen LogP contribution in [0.5, 0.6) is 0 Å². The van der Waals surface area contributed by atoms with Crippen LogP contribution < -0.4 is 11.1 Å². The van der Waals surface area contributed by atoms with E-state index in [-0.39, 0.29) is 12.4 Å². The molecular weight excluding hydrogens is 195 g/mol. The zero-order chi connectivity index (χ0) is 11.3. The molecule has 0 atom stereocenters. The highest BCUT2D eigenvalue weighted by Gasteiger charge is 1.97. The first-order chi connectivity index (χ1) is 7.17. The molecule has 0 saturated heterocycles. The molecule has 1 aromatic carbocycles. The first-order valence-corrected chi connectivity index (χ1v) is 4.46. The van der Waals surface area contributed by atoms with Crippen molar-refractivity contribution in [3.63, 3.8) is 0 Å². The Morgan fingerprint density at radius 3 is 2.93 bits per heavy atom.